The summed E-state index contributed by atoms with van der Waals surface area (Å²) in [5.74, 6) is -0.614. The third kappa shape index (κ3) is 3.50. The van der Waals surface area contributed by atoms with E-state index in [-0.39, 0.29) is 11.4 Å². The molecule has 0 spiro atoms. The second-order valence-corrected chi connectivity index (χ2v) is 9.14. The summed E-state index contributed by atoms with van der Waals surface area (Å²) in [5.41, 5.74) is 4.35. The zero-order valence-corrected chi connectivity index (χ0v) is 17.6. The van der Waals surface area contributed by atoms with Crippen molar-refractivity contribution in [3.63, 3.8) is 0 Å². The Morgan fingerprint density at radius 1 is 0.933 bits per heavy atom. The Morgan fingerprint density at radius 3 is 2.37 bits per heavy atom. The maximum atomic E-state index is 13.4. The van der Waals surface area contributed by atoms with Crippen LogP contribution < -0.4 is 9.62 Å². The molecule has 152 valence electrons. The Labute approximate surface area is 176 Å². The first kappa shape index (κ1) is 19.9. The Bertz CT molecular complexity index is 1250. The summed E-state index contributed by atoms with van der Waals surface area (Å²) >= 11 is 0. The van der Waals surface area contributed by atoms with Gasteiger partial charge >= 0.3 is 0 Å². The maximum Gasteiger partial charge on any atom is 0.270 e. The molecule has 0 unspecified atom stereocenters. The van der Waals surface area contributed by atoms with E-state index in [1.807, 2.05) is 73.7 Å². The van der Waals surface area contributed by atoms with Gasteiger partial charge in [-0.1, -0.05) is 78.4 Å². The third-order valence-corrected chi connectivity index (χ3v) is 6.99. The van der Waals surface area contributed by atoms with E-state index >= 15 is 0 Å². The molecule has 0 saturated heterocycles. The number of benzene rings is 3. The molecule has 6 heteroatoms. The number of sulfonamides is 1. The summed E-state index contributed by atoms with van der Waals surface area (Å²) in [5, 5.41) is 2.80. The summed E-state index contributed by atoms with van der Waals surface area (Å²) in [6, 6.07) is 24.1. The van der Waals surface area contributed by atoms with E-state index in [0.717, 1.165) is 11.1 Å². The SMILES string of the molecule is Cc1cccc(CNC(=O)C2=C(c3ccccc3)c3ccccc3N(C)S2(=O)=O)c1. The van der Waals surface area contributed by atoms with Gasteiger partial charge in [0, 0.05) is 24.7 Å². The van der Waals surface area contributed by atoms with Crippen LogP contribution in [0.25, 0.3) is 5.57 Å². The summed E-state index contributed by atoms with van der Waals surface area (Å²) in [4.78, 5) is 13.0. The average molecular weight is 419 g/mol. The van der Waals surface area contributed by atoms with Gasteiger partial charge in [0.25, 0.3) is 15.9 Å². The van der Waals surface area contributed by atoms with Gasteiger partial charge in [-0.15, -0.1) is 0 Å². The van der Waals surface area contributed by atoms with Crippen molar-refractivity contribution in [2.24, 2.45) is 0 Å². The van der Waals surface area contributed by atoms with Gasteiger partial charge in [0.2, 0.25) is 0 Å². The van der Waals surface area contributed by atoms with Crippen molar-refractivity contribution in [2.75, 3.05) is 11.4 Å². The fourth-order valence-corrected chi connectivity index (χ4v) is 5.17. The molecule has 1 aliphatic rings. The van der Waals surface area contributed by atoms with Crippen LogP contribution in [0.3, 0.4) is 0 Å². The summed E-state index contributed by atoms with van der Waals surface area (Å²) in [6.45, 7) is 2.21. The molecule has 1 amide bonds. The van der Waals surface area contributed by atoms with Crippen LogP contribution in [-0.4, -0.2) is 21.4 Å². The standard InChI is InChI=1S/C24H22N2O3S/c1-17-9-8-10-18(15-17)16-25-24(27)23-22(19-11-4-3-5-12-19)20-13-6-7-14-21(20)26(2)30(23,28)29/h3-15H,16H2,1-2H3,(H,25,27). The molecular weight excluding hydrogens is 396 g/mol. The van der Waals surface area contributed by atoms with Gasteiger partial charge in [-0.2, -0.15) is 0 Å². The molecule has 0 saturated carbocycles. The zero-order valence-electron chi connectivity index (χ0n) is 16.8. The molecule has 30 heavy (non-hydrogen) atoms. The first-order valence-electron chi connectivity index (χ1n) is 9.61. The van der Waals surface area contributed by atoms with E-state index in [9.17, 15) is 13.2 Å². The minimum absolute atomic E-state index is 0.234. The smallest absolute Gasteiger partial charge is 0.270 e. The van der Waals surface area contributed by atoms with Crippen LogP contribution >= 0.6 is 0 Å². The predicted octanol–water partition coefficient (Wildman–Crippen LogP) is 3.85. The summed E-state index contributed by atoms with van der Waals surface area (Å²) in [7, 11) is -2.55. The number of nitrogens with one attached hydrogen (secondary N) is 1. The van der Waals surface area contributed by atoms with Gasteiger partial charge in [-0.25, -0.2) is 8.42 Å². The Morgan fingerprint density at radius 2 is 1.63 bits per heavy atom. The predicted molar refractivity (Wildman–Crippen MR) is 119 cm³/mol. The van der Waals surface area contributed by atoms with E-state index in [2.05, 4.69) is 5.32 Å². The molecule has 5 nitrogen and oxygen atoms in total. The highest BCUT2D eigenvalue weighted by molar-refractivity contribution is 7.97. The molecule has 0 aromatic heterocycles. The number of fused-ring (bicyclic) bond motifs is 1. The highest BCUT2D eigenvalue weighted by Crippen LogP contribution is 2.41. The quantitative estimate of drug-likeness (QED) is 0.700. The second-order valence-electron chi connectivity index (χ2n) is 7.23. The molecule has 0 radical (unpaired) electrons. The lowest BCUT2D eigenvalue weighted by Crippen LogP contribution is -2.39. The van der Waals surface area contributed by atoms with Gasteiger partial charge in [0.05, 0.1) is 5.69 Å². The largest absolute Gasteiger partial charge is 0.347 e. The molecule has 0 bridgehead atoms. The van der Waals surface area contributed by atoms with E-state index in [0.29, 0.717) is 22.4 Å². The minimum atomic E-state index is -4.02. The molecule has 0 atom stereocenters. The topological polar surface area (TPSA) is 66.5 Å². The molecule has 3 aromatic rings. The van der Waals surface area contributed by atoms with E-state index in [1.165, 1.54) is 11.4 Å². The third-order valence-electron chi connectivity index (χ3n) is 5.16. The normalized spacial score (nSPS) is 14.9. The lowest BCUT2D eigenvalue weighted by atomic mass is 9.95. The van der Waals surface area contributed by atoms with Crippen LogP contribution in [0.1, 0.15) is 22.3 Å². The van der Waals surface area contributed by atoms with Gasteiger partial charge in [-0.3, -0.25) is 9.10 Å². The fourth-order valence-electron chi connectivity index (χ4n) is 3.68. The van der Waals surface area contributed by atoms with Crippen LogP contribution in [-0.2, 0) is 21.4 Å². The van der Waals surface area contributed by atoms with Crippen LogP contribution in [0.2, 0.25) is 0 Å². The number of para-hydroxylation sites is 1. The van der Waals surface area contributed by atoms with E-state index in [4.69, 9.17) is 0 Å². The van der Waals surface area contributed by atoms with Gasteiger partial charge in [0.1, 0.15) is 0 Å². The van der Waals surface area contributed by atoms with Gasteiger partial charge in [-0.05, 0) is 24.1 Å². The number of amides is 1. The Hall–Kier alpha value is -3.38. The fraction of sp³-hybridized carbons (Fsp3) is 0.125. The van der Waals surface area contributed by atoms with Crippen molar-refractivity contribution in [3.05, 3.63) is 106 Å². The number of anilines is 1. The van der Waals surface area contributed by atoms with Crippen molar-refractivity contribution in [1.29, 1.82) is 0 Å². The summed E-state index contributed by atoms with van der Waals surface area (Å²) in [6.07, 6.45) is 0. The van der Waals surface area contributed by atoms with Gasteiger partial charge in [0.15, 0.2) is 4.91 Å². The molecule has 0 fully saturated rings. The van der Waals surface area contributed by atoms with Crippen molar-refractivity contribution in [2.45, 2.75) is 13.5 Å². The van der Waals surface area contributed by atoms with E-state index < -0.39 is 15.9 Å². The average Bonchev–Trinajstić information content (AvgIpc) is 2.75. The number of carbonyl (C=O) groups excluding carboxylic acids is 1. The highest BCUT2D eigenvalue weighted by atomic mass is 32.2. The molecule has 1 heterocycles. The number of hydrogen-bond donors (Lipinski definition) is 1. The first-order valence-corrected chi connectivity index (χ1v) is 11.1. The van der Waals surface area contributed by atoms with Crippen molar-refractivity contribution in [1.82, 2.24) is 5.32 Å². The Balaban J connectivity index is 1.85. The number of hydrogen-bond acceptors (Lipinski definition) is 3. The monoisotopic (exact) mass is 418 g/mol. The number of nitrogens with zero attached hydrogens (tertiary/aromatic N) is 1. The lowest BCUT2D eigenvalue weighted by molar-refractivity contribution is -0.116. The molecule has 1 N–H and O–H groups in total. The van der Waals surface area contributed by atoms with Crippen molar-refractivity contribution < 1.29 is 13.2 Å². The Kier molecular flexibility index (Phi) is 5.18. The van der Waals surface area contributed by atoms with Crippen LogP contribution in [0.5, 0.6) is 0 Å². The van der Waals surface area contributed by atoms with Gasteiger partial charge < -0.3 is 5.32 Å². The number of carbonyl (C=O) groups is 1. The number of aryl methyl sites for hydroxylation is 1. The van der Waals surface area contributed by atoms with Crippen LogP contribution in [0.4, 0.5) is 5.69 Å². The maximum absolute atomic E-state index is 13.4. The van der Waals surface area contributed by atoms with Crippen LogP contribution in [0.15, 0.2) is 83.8 Å². The number of rotatable bonds is 4. The van der Waals surface area contributed by atoms with Crippen molar-refractivity contribution in [3.8, 4) is 0 Å². The van der Waals surface area contributed by atoms with Crippen LogP contribution in [0, 0.1) is 6.92 Å². The molecule has 4 rings (SSSR count). The molecule has 0 aliphatic carbocycles. The highest BCUT2D eigenvalue weighted by Gasteiger charge is 2.39. The zero-order chi connectivity index (χ0) is 21.3. The molecular formula is C24H22N2O3S. The first-order chi connectivity index (χ1) is 14.4. The summed E-state index contributed by atoms with van der Waals surface area (Å²) < 4.78 is 27.9. The second kappa shape index (κ2) is 7.80. The van der Waals surface area contributed by atoms with Crippen molar-refractivity contribution >= 4 is 27.2 Å². The molecule has 1 aliphatic heterocycles. The molecule has 3 aromatic carbocycles. The minimum Gasteiger partial charge on any atom is -0.347 e. The lowest BCUT2D eigenvalue weighted by Gasteiger charge is -2.30. The van der Waals surface area contributed by atoms with E-state index in [1.54, 1.807) is 12.1 Å².